The maximum Gasteiger partial charge on any atom is 0.305 e. The molecule has 0 spiro atoms. The number of hydrogen-bond acceptors (Lipinski definition) is 2. The predicted molar refractivity (Wildman–Crippen MR) is 105 cm³/mol. The lowest BCUT2D eigenvalue weighted by Gasteiger charge is -2.07. The minimum atomic E-state index is -1.33. The number of hydrogen-bond donors (Lipinski definition) is 0. The van der Waals surface area contributed by atoms with Crippen LogP contribution in [-0.2, 0) is 16.0 Å². The Morgan fingerprint density at radius 1 is 1.04 bits per heavy atom. The van der Waals surface area contributed by atoms with Crippen molar-refractivity contribution in [1.82, 2.24) is 0 Å². The van der Waals surface area contributed by atoms with Gasteiger partial charge >= 0.3 is 5.97 Å². The first-order valence-corrected chi connectivity index (χ1v) is 12.7. The summed E-state index contributed by atoms with van der Waals surface area (Å²) in [6.07, 6.45) is 7.27. The summed E-state index contributed by atoms with van der Waals surface area (Å²) >= 11 is 0. The second-order valence-electron chi connectivity index (χ2n) is 7.23. The van der Waals surface area contributed by atoms with E-state index in [1.54, 1.807) is 0 Å². The molecule has 0 radical (unpaired) electrons. The summed E-state index contributed by atoms with van der Waals surface area (Å²) in [5.41, 5.74) is 6.03. The predicted octanol–water partition coefficient (Wildman–Crippen LogP) is 5.36. The molecule has 0 N–H and O–H groups in total. The summed E-state index contributed by atoms with van der Waals surface area (Å²) in [6.45, 7) is 9.17. The van der Waals surface area contributed by atoms with Gasteiger partial charge in [-0.3, -0.25) is 4.79 Å². The molecule has 24 heavy (non-hydrogen) atoms. The summed E-state index contributed by atoms with van der Waals surface area (Å²) in [7, 11) is -1.33. The molecular formula is C21H32O2Si. The third kappa shape index (κ3) is 9.57. The number of carbonyl (C=O) groups is 1. The van der Waals surface area contributed by atoms with E-state index in [-0.39, 0.29) is 5.97 Å². The smallest absolute Gasteiger partial charge is 0.305 e. The van der Waals surface area contributed by atoms with E-state index >= 15 is 0 Å². The van der Waals surface area contributed by atoms with E-state index in [9.17, 15) is 4.79 Å². The molecule has 0 heterocycles. The van der Waals surface area contributed by atoms with Gasteiger partial charge in [0.2, 0.25) is 0 Å². The zero-order valence-electron chi connectivity index (χ0n) is 15.8. The highest BCUT2D eigenvalue weighted by molar-refractivity contribution is 6.83. The minimum absolute atomic E-state index is 0.0626. The molecule has 0 aromatic heterocycles. The highest BCUT2D eigenvalue weighted by Gasteiger charge is 2.08. The first-order chi connectivity index (χ1) is 11.4. The summed E-state index contributed by atoms with van der Waals surface area (Å²) in [5.74, 6) is 3.34. The van der Waals surface area contributed by atoms with Crippen LogP contribution in [0.3, 0.4) is 0 Å². The molecule has 0 saturated carbocycles. The number of unbranched alkanes of at least 4 members (excludes halogenated alkanes) is 4. The van der Waals surface area contributed by atoms with Gasteiger partial charge in [0.1, 0.15) is 8.07 Å². The van der Waals surface area contributed by atoms with E-state index in [2.05, 4.69) is 55.4 Å². The van der Waals surface area contributed by atoms with Crippen molar-refractivity contribution >= 4 is 14.0 Å². The zero-order valence-corrected chi connectivity index (χ0v) is 16.8. The summed E-state index contributed by atoms with van der Waals surface area (Å²) in [6, 6.07) is 8.53. The SMILES string of the molecule is CCOC(=O)CCCCCCCc1ccccc1C#C[Si](C)(C)C. The molecule has 2 nitrogen and oxygen atoms in total. The Morgan fingerprint density at radius 3 is 2.42 bits per heavy atom. The first kappa shape index (κ1) is 20.5. The molecule has 0 aliphatic carbocycles. The molecule has 132 valence electrons. The molecule has 0 unspecified atom stereocenters. The van der Waals surface area contributed by atoms with Crippen LogP contribution in [0.25, 0.3) is 0 Å². The molecule has 0 atom stereocenters. The Balaban J connectivity index is 2.30. The molecule has 0 bridgehead atoms. The average Bonchev–Trinajstić information content (AvgIpc) is 2.52. The summed E-state index contributed by atoms with van der Waals surface area (Å²) < 4.78 is 4.94. The Hall–Kier alpha value is -1.53. The molecule has 1 aromatic carbocycles. The van der Waals surface area contributed by atoms with Crippen molar-refractivity contribution in [3.8, 4) is 11.5 Å². The van der Waals surface area contributed by atoms with Gasteiger partial charge in [-0.05, 0) is 37.8 Å². The monoisotopic (exact) mass is 344 g/mol. The number of rotatable bonds is 9. The highest BCUT2D eigenvalue weighted by atomic mass is 28.3. The first-order valence-electron chi connectivity index (χ1n) is 9.19. The van der Waals surface area contributed by atoms with E-state index in [0.717, 1.165) is 19.3 Å². The average molecular weight is 345 g/mol. The van der Waals surface area contributed by atoms with Crippen molar-refractivity contribution in [2.75, 3.05) is 6.61 Å². The molecule has 0 amide bonds. The maximum atomic E-state index is 11.3. The minimum Gasteiger partial charge on any atom is -0.466 e. The van der Waals surface area contributed by atoms with Crippen LogP contribution in [0.5, 0.6) is 0 Å². The van der Waals surface area contributed by atoms with Gasteiger partial charge in [0.15, 0.2) is 0 Å². The molecular weight excluding hydrogens is 312 g/mol. The second-order valence-corrected chi connectivity index (χ2v) is 12.0. The third-order valence-corrected chi connectivity index (χ3v) is 4.60. The number of ether oxygens (including phenoxy) is 1. The van der Waals surface area contributed by atoms with Gasteiger partial charge in [0.25, 0.3) is 0 Å². The van der Waals surface area contributed by atoms with Crippen LogP contribution in [0.15, 0.2) is 24.3 Å². The highest BCUT2D eigenvalue weighted by Crippen LogP contribution is 2.14. The Labute approximate surface area is 149 Å². The van der Waals surface area contributed by atoms with E-state index in [0.29, 0.717) is 13.0 Å². The quantitative estimate of drug-likeness (QED) is 0.261. The van der Waals surface area contributed by atoms with E-state index in [4.69, 9.17) is 4.74 Å². The third-order valence-electron chi connectivity index (χ3n) is 3.72. The van der Waals surface area contributed by atoms with Crippen molar-refractivity contribution in [3.05, 3.63) is 35.4 Å². The zero-order chi connectivity index (χ0) is 17.8. The lowest BCUT2D eigenvalue weighted by molar-refractivity contribution is -0.143. The molecule has 0 fully saturated rings. The number of esters is 1. The maximum absolute atomic E-state index is 11.3. The van der Waals surface area contributed by atoms with Gasteiger partial charge in [-0.25, -0.2) is 0 Å². The van der Waals surface area contributed by atoms with Crippen molar-refractivity contribution in [3.63, 3.8) is 0 Å². The lowest BCUT2D eigenvalue weighted by atomic mass is 10.0. The number of benzene rings is 1. The fourth-order valence-electron chi connectivity index (χ4n) is 2.46. The van der Waals surface area contributed by atoms with Gasteiger partial charge in [-0.1, -0.05) is 63.0 Å². The Morgan fingerprint density at radius 2 is 1.71 bits per heavy atom. The van der Waals surface area contributed by atoms with E-state index in [1.165, 1.54) is 30.4 Å². The van der Waals surface area contributed by atoms with Gasteiger partial charge in [-0.2, -0.15) is 0 Å². The molecule has 1 rings (SSSR count). The molecule has 0 aliphatic rings. The topological polar surface area (TPSA) is 26.3 Å². The van der Waals surface area contributed by atoms with Crippen molar-refractivity contribution < 1.29 is 9.53 Å². The second kappa shape index (κ2) is 11.1. The number of carbonyl (C=O) groups excluding carboxylic acids is 1. The van der Waals surface area contributed by atoms with Crippen LogP contribution in [0.2, 0.25) is 19.6 Å². The summed E-state index contributed by atoms with van der Waals surface area (Å²) in [5, 5.41) is 0. The standard InChI is InChI=1S/C21H32O2Si/c1-5-23-21(22)16-10-8-6-7-9-13-19-14-11-12-15-20(19)17-18-24(2,3)4/h11-12,14-15H,5-10,13,16H2,1-4H3. The van der Waals surface area contributed by atoms with Crippen LogP contribution >= 0.6 is 0 Å². The van der Waals surface area contributed by atoms with E-state index < -0.39 is 8.07 Å². The Kier molecular flexibility index (Phi) is 9.48. The molecule has 0 aliphatic heterocycles. The Bertz CT molecular complexity index is 561. The van der Waals surface area contributed by atoms with Crippen LogP contribution in [0.4, 0.5) is 0 Å². The fourth-order valence-corrected chi connectivity index (χ4v) is 2.97. The summed E-state index contributed by atoms with van der Waals surface area (Å²) in [4.78, 5) is 11.3. The molecule has 3 heteroatoms. The van der Waals surface area contributed by atoms with E-state index in [1.807, 2.05) is 6.92 Å². The number of aryl methyl sites for hydroxylation is 1. The van der Waals surface area contributed by atoms with Crippen molar-refractivity contribution in [2.24, 2.45) is 0 Å². The fraction of sp³-hybridized carbons (Fsp3) is 0.571. The van der Waals surface area contributed by atoms with Gasteiger partial charge in [0.05, 0.1) is 6.61 Å². The van der Waals surface area contributed by atoms with Crippen LogP contribution in [-0.4, -0.2) is 20.7 Å². The lowest BCUT2D eigenvalue weighted by Crippen LogP contribution is -2.16. The molecule has 0 saturated heterocycles. The molecule has 1 aromatic rings. The van der Waals surface area contributed by atoms with Crippen LogP contribution < -0.4 is 0 Å². The normalized spacial score (nSPS) is 10.8. The van der Waals surface area contributed by atoms with Crippen molar-refractivity contribution in [1.29, 1.82) is 0 Å². The van der Waals surface area contributed by atoms with Crippen LogP contribution in [0.1, 0.15) is 56.6 Å². The van der Waals surface area contributed by atoms with Crippen molar-refractivity contribution in [2.45, 2.75) is 71.5 Å². The van der Waals surface area contributed by atoms with Gasteiger partial charge in [-0.15, -0.1) is 5.54 Å². The largest absolute Gasteiger partial charge is 0.466 e. The van der Waals surface area contributed by atoms with Crippen LogP contribution in [0, 0.1) is 11.5 Å². The van der Waals surface area contributed by atoms with Gasteiger partial charge < -0.3 is 4.74 Å². The van der Waals surface area contributed by atoms with Gasteiger partial charge in [0, 0.05) is 12.0 Å².